The number of rotatable bonds is 6. The second-order valence-corrected chi connectivity index (χ2v) is 5.22. The van der Waals surface area contributed by atoms with E-state index in [1.165, 1.54) is 0 Å². The lowest BCUT2D eigenvalue weighted by atomic mass is 10.2. The van der Waals surface area contributed by atoms with Crippen molar-refractivity contribution in [2.24, 2.45) is 0 Å². The summed E-state index contributed by atoms with van der Waals surface area (Å²) in [7, 11) is 0. The van der Waals surface area contributed by atoms with Crippen molar-refractivity contribution < 1.29 is 4.79 Å². The molecule has 0 rings (SSSR count). The number of carbonyl (C=O) groups excluding carboxylic acids is 1. The normalized spacial score (nSPS) is 10.6. The molecule has 0 unspecified atom stereocenters. The first-order valence-corrected chi connectivity index (χ1v) is 7.53. The minimum atomic E-state index is 0.182. The second kappa shape index (κ2) is 8.62. The Kier molecular flexibility index (Phi) is 8.83. The van der Waals surface area contributed by atoms with Gasteiger partial charge in [-0.3, -0.25) is 4.79 Å². The third kappa shape index (κ3) is 5.27. The molecule has 14 heavy (non-hydrogen) atoms. The molecule has 0 saturated heterocycles. The maximum Gasteiger partial charge on any atom is 0.171 e. The number of halogens is 1. The van der Waals surface area contributed by atoms with Crippen LogP contribution in [0.4, 0.5) is 0 Å². The maximum atomic E-state index is 11.6. The lowest BCUT2D eigenvalue weighted by Gasteiger charge is -2.03. The first kappa shape index (κ1) is 14.3. The highest BCUT2D eigenvalue weighted by atomic mass is 79.9. The number of carbonyl (C=O) groups is 1. The molecule has 0 saturated carbocycles. The predicted octanol–water partition coefficient (Wildman–Crippen LogP) is 4.20. The van der Waals surface area contributed by atoms with Crippen LogP contribution < -0.4 is 0 Å². The van der Waals surface area contributed by atoms with Crippen molar-refractivity contribution >= 4 is 45.2 Å². The number of thioether (sulfide) groups is 2. The highest BCUT2D eigenvalue weighted by Gasteiger charge is 2.10. The van der Waals surface area contributed by atoms with Crippen LogP contribution in [-0.2, 0) is 4.79 Å². The van der Waals surface area contributed by atoms with E-state index in [2.05, 4.69) is 15.9 Å². The zero-order chi connectivity index (χ0) is 11.0. The molecule has 0 N–H and O–H groups in total. The van der Waals surface area contributed by atoms with E-state index >= 15 is 0 Å². The Hall–Kier alpha value is 0.330. The summed E-state index contributed by atoms with van der Waals surface area (Å²) < 4.78 is 1.78. The van der Waals surface area contributed by atoms with Crippen LogP contribution in [-0.4, -0.2) is 18.3 Å². The SMILES string of the molecule is C/C=C/CCC(=O)C(Br)=C(SC)SC. The van der Waals surface area contributed by atoms with Gasteiger partial charge >= 0.3 is 0 Å². The summed E-state index contributed by atoms with van der Waals surface area (Å²) in [6, 6.07) is 0. The molecule has 0 fully saturated rings. The predicted molar refractivity (Wildman–Crippen MR) is 72.0 cm³/mol. The average molecular weight is 295 g/mol. The van der Waals surface area contributed by atoms with Gasteiger partial charge in [-0.25, -0.2) is 0 Å². The quantitative estimate of drug-likeness (QED) is 0.540. The van der Waals surface area contributed by atoms with Crippen LogP contribution >= 0.6 is 39.5 Å². The smallest absolute Gasteiger partial charge is 0.171 e. The van der Waals surface area contributed by atoms with E-state index < -0.39 is 0 Å². The van der Waals surface area contributed by atoms with Crippen molar-refractivity contribution in [3.63, 3.8) is 0 Å². The van der Waals surface area contributed by atoms with Gasteiger partial charge in [-0.15, -0.1) is 23.5 Å². The maximum absolute atomic E-state index is 11.6. The van der Waals surface area contributed by atoms with E-state index in [9.17, 15) is 4.79 Å². The minimum absolute atomic E-state index is 0.182. The van der Waals surface area contributed by atoms with Crippen molar-refractivity contribution in [2.75, 3.05) is 12.5 Å². The Bertz CT molecular complexity index is 241. The molecule has 0 atom stereocenters. The van der Waals surface area contributed by atoms with Gasteiger partial charge < -0.3 is 0 Å². The van der Waals surface area contributed by atoms with E-state index in [1.807, 2.05) is 31.6 Å². The van der Waals surface area contributed by atoms with E-state index in [1.54, 1.807) is 23.5 Å². The van der Waals surface area contributed by atoms with E-state index in [0.717, 1.165) is 15.1 Å². The van der Waals surface area contributed by atoms with E-state index in [4.69, 9.17) is 0 Å². The summed E-state index contributed by atoms with van der Waals surface area (Å²) in [6.07, 6.45) is 9.33. The zero-order valence-corrected chi connectivity index (χ0v) is 11.9. The van der Waals surface area contributed by atoms with Gasteiger partial charge in [0.15, 0.2) is 5.78 Å². The molecule has 0 aliphatic carbocycles. The molecule has 0 heterocycles. The molecule has 0 bridgehead atoms. The summed E-state index contributed by atoms with van der Waals surface area (Å²) in [4.78, 5) is 11.6. The monoisotopic (exact) mass is 294 g/mol. The highest BCUT2D eigenvalue weighted by molar-refractivity contribution is 9.12. The fourth-order valence-electron chi connectivity index (χ4n) is 0.867. The standard InChI is InChI=1S/C10H15BrOS2/c1-4-5-6-7-8(12)9(11)10(13-2)14-3/h4-5H,6-7H2,1-3H3/b5-4+. The Balaban J connectivity index is 4.29. The van der Waals surface area contributed by atoms with Crippen LogP contribution in [0.25, 0.3) is 0 Å². The lowest BCUT2D eigenvalue weighted by Crippen LogP contribution is -1.97. The summed E-state index contributed by atoms with van der Waals surface area (Å²) in [6.45, 7) is 1.96. The van der Waals surface area contributed by atoms with Gasteiger partial charge in [-0.1, -0.05) is 12.2 Å². The molecule has 1 nitrogen and oxygen atoms in total. The van der Waals surface area contributed by atoms with Gasteiger partial charge in [0.2, 0.25) is 0 Å². The Morgan fingerprint density at radius 2 is 1.93 bits per heavy atom. The summed E-state index contributed by atoms with van der Waals surface area (Å²) in [5.41, 5.74) is 0. The first-order valence-electron chi connectivity index (χ1n) is 4.29. The van der Waals surface area contributed by atoms with Gasteiger partial charge in [0.05, 0.1) is 8.72 Å². The van der Waals surface area contributed by atoms with Gasteiger partial charge in [-0.05, 0) is 41.8 Å². The van der Waals surface area contributed by atoms with Crippen molar-refractivity contribution in [3.05, 3.63) is 20.9 Å². The molecule has 0 radical (unpaired) electrons. The number of hydrogen-bond acceptors (Lipinski definition) is 3. The van der Waals surface area contributed by atoms with Crippen LogP contribution in [0.5, 0.6) is 0 Å². The molecule has 0 aromatic rings. The Labute approximate surface area is 103 Å². The molecule has 80 valence electrons. The Morgan fingerprint density at radius 1 is 1.36 bits per heavy atom. The Morgan fingerprint density at radius 3 is 2.36 bits per heavy atom. The van der Waals surface area contributed by atoms with Gasteiger partial charge in [-0.2, -0.15) is 0 Å². The summed E-state index contributed by atoms with van der Waals surface area (Å²) >= 11 is 6.55. The van der Waals surface area contributed by atoms with Crippen LogP contribution in [0.3, 0.4) is 0 Å². The molecule has 0 amide bonds. The topological polar surface area (TPSA) is 17.1 Å². The molecule has 0 aromatic carbocycles. The van der Waals surface area contributed by atoms with Crippen molar-refractivity contribution in [3.8, 4) is 0 Å². The summed E-state index contributed by atoms with van der Waals surface area (Å²) in [5, 5.41) is 0. The molecular formula is C10H15BrOS2. The number of Topliss-reactive ketones (excluding diaryl/α,β-unsaturated/α-hetero) is 1. The van der Waals surface area contributed by atoms with Crippen LogP contribution in [0, 0.1) is 0 Å². The van der Waals surface area contributed by atoms with Crippen LogP contribution in [0.15, 0.2) is 20.9 Å². The third-order valence-electron chi connectivity index (χ3n) is 1.57. The van der Waals surface area contributed by atoms with Gasteiger partial charge in [0.25, 0.3) is 0 Å². The molecule has 0 aliphatic rings. The second-order valence-electron chi connectivity index (χ2n) is 2.54. The van der Waals surface area contributed by atoms with E-state index in [0.29, 0.717) is 6.42 Å². The van der Waals surface area contributed by atoms with Crippen molar-refractivity contribution in [1.82, 2.24) is 0 Å². The molecule has 4 heteroatoms. The molecule has 0 aliphatic heterocycles. The minimum Gasteiger partial charge on any atom is -0.294 e. The van der Waals surface area contributed by atoms with Crippen molar-refractivity contribution in [2.45, 2.75) is 19.8 Å². The first-order chi connectivity index (χ1) is 6.67. The fourth-order valence-corrected chi connectivity index (χ4v) is 3.29. The van der Waals surface area contributed by atoms with Crippen LogP contribution in [0.1, 0.15) is 19.8 Å². The van der Waals surface area contributed by atoms with Crippen LogP contribution in [0.2, 0.25) is 0 Å². The van der Waals surface area contributed by atoms with Gasteiger partial charge in [0, 0.05) is 6.42 Å². The number of allylic oxidation sites excluding steroid dienone is 3. The van der Waals surface area contributed by atoms with Gasteiger partial charge in [0.1, 0.15) is 0 Å². The summed E-state index contributed by atoms with van der Waals surface area (Å²) in [5.74, 6) is 0.182. The third-order valence-corrected chi connectivity index (χ3v) is 5.08. The lowest BCUT2D eigenvalue weighted by molar-refractivity contribution is -0.114. The zero-order valence-electron chi connectivity index (χ0n) is 8.67. The number of hydrogen-bond donors (Lipinski definition) is 0. The molecule has 0 spiro atoms. The van der Waals surface area contributed by atoms with E-state index in [-0.39, 0.29) is 5.78 Å². The van der Waals surface area contributed by atoms with Crippen molar-refractivity contribution in [1.29, 1.82) is 0 Å². The number of ketones is 1. The molecule has 0 aromatic heterocycles. The largest absolute Gasteiger partial charge is 0.294 e. The average Bonchev–Trinajstić information content (AvgIpc) is 2.19. The highest BCUT2D eigenvalue weighted by Crippen LogP contribution is 2.31. The molecular weight excluding hydrogens is 280 g/mol. The fraction of sp³-hybridized carbons (Fsp3) is 0.500.